The Morgan fingerprint density at radius 1 is 1.19 bits per heavy atom. The van der Waals surface area contributed by atoms with Crippen molar-refractivity contribution in [2.24, 2.45) is 5.73 Å². The lowest BCUT2D eigenvalue weighted by molar-refractivity contribution is 0.490. The Hall–Kier alpha value is -2.84. The predicted molar refractivity (Wildman–Crippen MR) is 104 cm³/mol. The average molecular weight is 345 g/mol. The summed E-state index contributed by atoms with van der Waals surface area (Å²) >= 11 is 0. The maximum Gasteiger partial charge on any atom is 0.207 e. The van der Waals surface area contributed by atoms with Crippen LogP contribution in [0.2, 0.25) is 0 Å². The zero-order chi connectivity index (χ0) is 18.1. The first-order valence-electron chi connectivity index (χ1n) is 9.15. The van der Waals surface area contributed by atoms with E-state index in [1.807, 2.05) is 30.3 Å². The SMILES string of the molecule is C[C@H](c1ccc(C#N)cc1)n1c(N2CCC[C@@H](N)C2)nc2ccccc21. The largest absolute Gasteiger partial charge is 0.341 e. The average Bonchev–Trinajstić information content (AvgIpc) is 3.07. The topological polar surface area (TPSA) is 70.9 Å². The van der Waals surface area contributed by atoms with Gasteiger partial charge in [-0.15, -0.1) is 0 Å². The second kappa shape index (κ2) is 6.81. The lowest BCUT2D eigenvalue weighted by Crippen LogP contribution is -2.44. The second-order valence-electron chi connectivity index (χ2n) is 7.03. The number of aromatic nitrogens is 2. The summed E-state index contributed by atoms with van der Waals surface area (Å²) in [4.78, 5) is 7.25. The number of imidazole rings is 1. The molecule has 0 aliphatic carbocycles. The zero-order valence-corrected chi connectivity index (χ0v) is 15.0. The van der Waals surface area contributed by atoms with Crippen LogP contribution in [-0.4, -0.2) is 28.7 Å². The summed E-state index contributed by atoms with van der Waals surface area (Å²) in [5, 5.41) is 9.05. The maximum atomic E-state index is 9.05. The predicted octanol–water partition coefficient (Wildman–Crippen LogP) is 3.44. The quantitative estimate of drug-likeness (QED) is 0.789. The van der Waals surface area contributed by atoms with E-state index in [9.17, 15) is 0 Å². The van der Waals surface area contributed by atoms with Crippen LogP contribution in [0.3, 0.4) is 0 Å². The summed E-state index contributed by atoms with van der Waals surface area (Å²) < 4.78 is 2.30. The first kappa shape index (κ1) is 16.6. The van der Waals surface area contributed by atoms with Crippen molar-refractivity contribution >= 4 is 17.0 Å². The molecule has 1 saturated heterocycles. The van der Waals surface area contributed by atoms with Crippen molar-refractivity contribution in [1.82, 2.24) is 9.55 Å². The molecule has 5 nitrogen and oxygen atoms in total. The van der Waals surface area contributed by atoms with Crippen LogP contribution in [0.5, 0.6) is 0 Å². The van der Waals surface area contributed by atoms with Gasteiger partial charge < -0.3 is 15.2 Å². The zero-order valence-electron chi connectivity index (χ0n) is 15.0. The number of fused-ring (bicyclic) bond motifs is 1. The van der Waals surface area contributed by atoms with Crippen LogP contribution < -0.4 is 10.6 Å². The molecule has 0 spiro atoms. The fraction of sp³-hybridized carbons (Fsp3) is 0.333. The number of nitriles is 1. The maximum absolute atomic E-state index is 9.05. The third-order valence-corrected chi connectivity index (χ3v) is 5.23. The smallest absolute Gasteiger partial charge is 0.207 e. The number of nitrogens with zero attached hydrogens (tertiary/aromatic N) is 4. The Morgan fingerprint density at radius 2 is 1.96 bits per heavy atom. The molecule has 1 fully saturated rings. The Labute approximate surface area is 153 Å². The van der Waals surface area contributed by atoms with Gasteiger partial charge in [0.1, 0.15) is 0 Å². The molecule has 1 aliphatic heterocycles. The van der Waals surface area contributed by atoms with E-state index in [2.05, 4.69) is 40.7 Å². The van der Waals surface area contributed by atoms with E-state index < -0.39 is 0 Å². The summed E-state index contributed by atoms with van der Waals surface area (Å²) in [6.45, 7) is 4.00. The van der Waals surface area contributed by atoms with Gasteiger partial charge in [-0.1, -0.05) is 24.3 Å². The molecule has 0 unspecified atom stereocenters. The molecule has 0 bridgehead atoms. The standard InChI is InChI=1S/C21H23N5/c1-15(17-10-8-16(13-22)9-11-17)26-20-7-3-2-6-19(20)24-21(26)25-12-4-5-18(23)14-25/h2-3,6-11,15,18H,4-5,12,14,23H2,1H3/t15-,18-/m1/s1. The first-order valence-corrected chi connectivity index (χ1v) is 9.15. The third kappa shape index (κ3) is 2.93. The molecule has 5 heteroatoms. The fourth-order valence-corrected chi connectivity index (χ4v) is 3.81. The number of benzene rings is 2. The molecule has 3 aromatic rings. The fourth-order valence-electron chi connectivity index (χ4n) is 3.81. The van der Waals surface area contributed by atoms with Crippen LogP contribution in [-0.2, 0) is 0 Å². The molecule has 2 N–H and O–H groups in total. The van der Waals surface area contributed by atoms with Crippen molar-refractivity contribution < 1.29 is 0 Å². The van der Waals surface area contributed by atoms with E-state index in [0.29, 0.717) is 5.56 Å². The molecule has 132 valence electrons. The van der Waals surface area contributed by atoms with Crippen LogP contribution in [0.15, 0.2) is 48.5 Å². The minimum Gasteiger partial charge on any atom is -0.341 e. The summed E-state index contributed by atoms with van der Waals surface area (Å²) in [6, 6.07) is 18.6. The monoisotopic (exact) mass is 345 g/mol. The number of rotatable bonds is 3. The Balaban J connectivity index is 1.81. The lowest BCUT2D eigenvalue weighted by Gasteiger charge is -2.33. The van der Waals surface area contributed by atoms with Crippen LogP contribution in [0.4, 0.5) is 5.95 Å². The first-order chi connectivity index (χ1) is 12.7. The number of para-hydroxylation sites is 2. The van der Waals surface area contributed by atoms with E-state index in [1.165, 1.54) is 0 Å². The van der Waals surface area contributed by atoms with Crippen LogP contribution in [0.25, 0.3) is 11.0 Å². The highest BCUT2D eigenvalue weighted by Gasteiger charge is 2.25. The molecule has 2 atom stereocenters. The molecule has 26 heavy (non-hydrogen) atoms. The van der Waals surface area contributed by atoms with Gasteiger partial charge in [-0.05, 0) is 49.6 Å². The molecule has 1 aromatic heterocycles. The van der Waals surface area contributed by atoms with Gasteiger partial charge in [-0.2, -0.15) is 5.26 Å². The highest BCUT2D eigenvalue weighted by molar-refractivity contribution is 5.79. The highest BCUT2D eigenvalue weighted by Crippen LogP contribution is 2.31. The molecule has 4 rings (SSSR count). The molecular weight excluding hydrogens is 322 g/mol. The van der Waals surface area contributed by atoms with E-state index in [-0.39, 0.29) is 12.1 Å². The Bertz CT molecular complexity index is 951. The van der Waals surface area contributed by atoms with Gasteiger partial charge in [-0.25, -0.2) is 4.98 Å². The van der Waals surface area contributed by atoms with E-state index >= 15 is 0 Å². The van der Waals surface area contributed by atoms with Crippen molar-refractivity contribution in [2.75, 3.05) is 18.0 Å². The molecule has 0 saturated carbocycles. The number of nitrogens with two attached hydrogens (primary N) is 1. The van der Waals surface area contributed by atoms with E-state index in [1.54, 1.807) is 0 Å². The van der Waals surface area contributed by atoms with Gasteiger partial charge >= 0.3 is 0 Å². The molecule has 0 radical (unpaired) electrons. The Kier molecular flexibility index (Phi) is 4.36. The van der Waals surface area contributed by atoms with Gasteiger partial charge in [0.2, 0.25) is 5.95 Å². The van der Waals surface area contributed by atoms with Gasteiger partial charge in [0.15, 0.2) is 0 Å². The number of hydrogen-bond donors (Lipinski definition) is 1. The van der Waals surface area contributed by atoms with Gasteiger partial charge in [0, 0.05) is 19.1 Å². The summed E-state index contributed by atoms with van der Waals surface area (Å²) in [5.74, 6) is 0.984. The van der Waals surface area contributed by atoms with Crippen molar-refractivity contribution in [2.45, 2.75) is 31.8 Å². The minimum absolute atomic E-state index is 0.114. The van der Waals surface area contributed by atoms with Gasteiger partial charge in [0.25, 0.3) is 0 Å². The van der Waals surface area contributed by atoms with Gasteiger partial charge in [0.05, 0.1) is 28.7 Å². The Morgan fingerprint density at radius 3 is 2.69 bits per heavy atom. The number of piperidine rings is 1. The molecule has 0 amide bonds. The van der Waals surface area contributed by atoms with Crippen molar-refractivity contribution in [3.63, 3.8) is 0 Å². The lowest BCUT2D eigenvalue weighted by atomic mass is 10.1. The van der Waals surface area contributed by atoms with E-state index in [0.717, 1.165) is 48.5 Å². The summed E-state index contributed by atoms with van der Waals surface area (Å²) in [5.41, 5.74) is 10.2. The highest BCUT2D eigenvalue weighted by atomic mass is 15.3. The minimum atomic E-state index is 0.114. The van der Waals surface area contributed by atoms with Crippen LogP contribution >= 0.6 is 0 Å². The molecule has 2 heterocycles. The normalized spacial score (nSPS) is 18.7. The summed E-state index contributed by atoms with van der Waals surface area (Å²) in [6.07, 6.45) is 2.16. The summed E-state index contributed by atoms with van der Waals surface area (Å²) in [7, 11) is 0. The van der Waals surface area contributed by atoms with Crippen molar-refractivity contribution in [1.29, 1.82) is 5.26 Å². The van der Waals surface area contributed by atoms with Crippen molar-refractivity contribution in [3.05, 3.63) is 59.7 Å². The third-order valence-electron chi connectivity index (χ3n) is 5.23. The molecule has 1 aliphatic rings. The number of anilines is 1. The van der Waals surface area contributed by atoms with Gasteiger partial charge in [-0.3, -0.25) is 0 Å². The molecule has 2 aromatic carbocycles. The van der Waals surface area contributed by atoms with Crippen molar-refractivity contribution in [3.8, 4) is 6.07 Å². The number of hydrogen-bond acceptors (Lipinski definition) is 4. The second-order valence-corrected chi connectivity index (χ2v) is 7.03. The van der Waals surface area contributed by atoms with E-state index in [4.69, 9.17) is 16.0 Å². The van der Waals surface area contributed by atoms with Crippen LogP contribution in [0.1, 0.15) is 36.9 Å². The molecular formula is C21H23N5. The van der Waals surface area contributed by atoms with Crippen LogP contribution in [0, 0.1) is 11.3 Å².